The van der Waals surface area contributed by atoms with Crippen LogP contribution in [0.1, 0.15) is 47.9 Å². The van der Waals surface area contributed by atoms with Gasteiger partial charge in [-0.15, -0.1) is 22.7 Å². The second-order valence-corrected chi connectivity index (χ2v) is 12.9. The highest BCUT2D eigenvalue weighted by atomic mass is 32.1. The van der Waals surface area contributed by atoms with E-state index in [4.69, 9.17) is 0 Å². The van der Waals surface area contributed by atoms with E-state index in [1.54, 1.807) is 23.5 Å². The minimum absolute atomic E-state index is 0.0413. The Morgan fingerprint density at radius 3 is 1.74 bits per heavy atom. The van der Waals surface area contributed by atoms with Gasteiger partial charge >= 0.3 is 0 Å². The van der Waals surface area contributed by atoms with Crippen molar-refractivity contribution in [1.29, 1.82) is 0 Å². The molecule has 0 amide bonds. The quantitative estimate of drug-likeness (QED) is 0.172. The third-order valence-corrected chi connectivity index (χ3v) is 9.52. The van der Waals surface area contributed by atoms with Gasteiger partial charge in [0, 0.05) is 26.6 Å². The summed E-state index contributed by atoms with van der Waals surface area (Å²) in [5.41, 5.74) is 8.80. The monoisotopic (exact) mass is 606 g/mol. The zero-order valence-corrected chi connectivity index (χ0v) is 26.2. The lowest BCUT2D eigenvalue weighted by Crippen LogP contribution is -2.01. The second-order valence-electron chi connectivity index (χ2n) is 10.7. The number of carbonyl (C=O) groups excluding carboxylic acids is 1. The molecule has 6 rings (SSSR count). The largest absolute Gasteiger partial charge is 0.288 e. The first-order valence-corrected chi connectivity index (χ1v) is 15.7. The standard InChI is InChI=1S/C19H15FOS.C19H17FS/c1-12-3-4-13(2)16(11-12)19(21)18-10-9-17(22-18)14-5-7-15(20)8-6-14;1-13-3-4-14(2)16(11-13)12-18-9-10-19(21-18)15-5-7-17(20)8-6-15/h3-11H,1-2H3;3-11H,12H2,1-2H3. The zero-order valence-electron chi connectivity index (χ0n) is 24.6. The SMILES string of the molecule is Cc1ccc(C)c(C(=O)c2ccc(-c3ccc(F)cc3)s2)c1.Cc1ccc(C)c(Cc2ccc(-c3ccc(F)cc3)s2)c1. The molecule has 0 radical (unpaired) electrons. The van der Waals surface area contributed by atoms with Crippen molar-refractivity contribution in [2.45, 2.75) is 34.1 Å². The highest BCUT2D eigenvalue weighted by Gasteiger charge is 2.15. The van der Waals surface area contributed by atoms with Crippen molar-refractivity contribution in [2.75, 3.05) is 0 Å². The normalized spacial score (nSPS) is 10.7. The molecule has 2 aromatic heterocycles. The summed E-state index contributed by atoms with van der Waals surface area (Å²) in [5, 5.41) is 0. The fourth-order valence-corrected chi connectivity index (χ4v) is 6.76. The number of thiophene rings is 2. The van der Waals surface area contributed by atoms with Crippen LogP contribution in [0, 0.1) is 39.3 Å². The van der Waals surface area contributed by atoms with Gasteiger partial charge in [0.2, 0.25) is 5.78 Å². The predicted octanol–water partition coefficient (Wildman–Crippen LogP) is 11.2. The van der Waals surface area contributed by atoms with Crippen LogP contribution in [0.5, 0.6) is 0 Å². The molecule has 0 fully saturated rings. The molecule has 6 aromatic rings. The number of rotatable bonds is 6. The van der Waals surface area contributed by atoms with E-state index in [1.165, 1.54) is 62.0 Å². The average Bonchev–Trinajstić information content (AvgIpc) is 3.68. The summed E-state index contributed by atoms with van der Waals surface area (Å²) >= 11 is 3.22. The molecule has 0 aliphatic rings. The average molecular weight is 607 g/mol. The summed E-state index contributed by atoms with van der Waals surface area (Å²) in [6.45, 7) is 8.21. The summed E-state index contributed by atoms with van der Waals surface area (Å²) in [6, 6.07) is 33.6. The first kappa shape index (κ1) is 30.3. The summed E-state index contributed by atoms with van der Waals surface area (Å²) in [6.07, 6.45) is 0.958. The lowest BCUT2D eigenvalue weighted by atomic mass is 10.0. The van der Waals surface area contributed by atoms with E-state index in [0.717, 1.165) is 39.1 Å². The number of benzene rings is 4. The van der Waals surface area contributed by atoms with Gasteiger partial charge in [0.15, 0.2) is 0 Å². The lowest BCUT2D eigenvalue weighted by Gasteiger charge is -2.05. The first-order valence-electron chi connectivity index (χ1n) is 14.0. The Labute approximate surface area is 260 Å². The smallest absolute Gasteiger partial charge is 0.203 e. The second kappa shape index (κ2) is 13.4. The van der Waals surface area contributed by atoms with Crippen LogP contribution in [0.15, 0.2) is 109 Å². The Morgan fingerprint density at radius 2 is 1.12 bits per heavy atom. The number of hydrogen-bond acceptors (Lipinski definition) is 3. The van der Waals surface area contributed by atoms with Gasteiger partial charge in [0.1, 0.15) is 11.6 Å². The maximum atomic E-state index is 13.0. The molecule has 0 aliphatic heterocycles. The maximum Gasteiger partial charge on any atom is 0.203 e. The van der Waals surface area contributed by atoms with Crippen molar-refractivity contribution in [3.8, 4) is 20.9 Å². The Morgan fingerprint density at radius 1 is 0.581 bits per heavy atom. The van der Waals surface area contributed by atoms with Crippen LogP contribution in [0.3, 0.4) is 0 Å². The van der Waals surface area contributed by atoms with E-state index in [-0.39, 0.29) is 17.4 Å². The molecule has 0 saturated heterocycles. The zero-order chi connectivity index (χ0) is 30.5. The van der Waals surface area contributed by atoms with Crippen LogP contribution in [0.2, 0.25) is 0 Å². The molecular formula is C38H32F2OS2. The van der Waals surface area contributed by atoms with E-state index in [2.05, 4.69) is 44.2 Å². The summed E-state index contributed by atoms with van der Waals surface area (Å²) in [4.78, 5) is 16.9. The molecule has 4 aromatic carbocycles. The van der Waals surface area contributed by atoms with Crippen molar-refractivity contribution in [3.63, 3.8) is 0 Å². The Bertz CT molecular complexity index is 1860. The fraction of sp³-hybridized carbons (Fsp3) is 0.132. The molecule has 5 heteroatoms. The molecule has 216 valence electrons. The van der Waals surface area contributed by atoms with Crippen LogP contribution in [-0.4, -0.2) is 5.78 Å². The van der Waals surface area contributed by atoms with E-state index < -0.39 is 0 Å². The van der Waals surface area contributed by atoms with Gasteiger partial charge in [0.05, 0.1) is 4.88 Å². The van der Waals surface area contributed by atoms with Gasteiger partial charge in [-0.2, -0.15) is 0 Å². The van der Waals surface area contributed by atoms with E-state index >= 15 is 0 Å². The van der Waals surface area contributed by atoms with Crippen LogP contribution in [0.25, 0.3) is 20.9 Å². The van der Waals surface area contributed by atoms with E-state index in [0.29, 0.717) is 4.88 Å². The number of ketones is 1. The maximum absolute atomic E-state index is 13.0. The van der Waals surface area contributed by atoms with E-state index in [9.17, 15) is 13.6 Å². The van der Waals surface area contributed by atoms with Crippen LogP contribution < -0.4 is 0 Å². The van der Waals surface area contributed by atoms with Crippen LogP contribution in [-0.2, 0) is 6.42 Å². The summed E-state index contributed by atoms with van der Waals surface area (Å²) in [5.74, 6) is -0.405. The number of aryl methyl sites for hydroxylation is 4. The van der Waals surface area contributed by atoms with Crippen molar-refractivity contribution in [2.24, 2.45) is 0 Å². The van der Waals surface area contributed by atoms with E-state index in [1.807, 2.05) is 56.3 Å². The van der Waals surface area contributed by atoms with Gasteiger partial charge in [-0.3, -0.25) is 4.79 Å². The lowest BCUT2D eigenvalue weighted by molar-refractivity contribution is 0.104. The van der Waals surface area contributed by atoms with Crippen LogP contribution >= 0.6 is 22.7 Å². The van der Waals surface area contributed by atoms with Gasteiger partial charge in [0.25, 0.3) is 0 Å². The van der Waals surface area contributed by atoms with Crippen molar-refractivity contribution >= 4 is 28.5 Å². The van der Waals surface area contributed by atoms with Gasteiger partial charge in [-0.25, -0.2) is 8.78 Å². The number of halogens is 2. The van der Waals surface area contributed by atoms with Crippen LogP contribution in [0.4, 0.5) is 8.78 Å². The van der Waals surface area contributed by atoms with Gasteiger partial charge in [-0.1, -0.05) is 65.7 Å². The minimum atomic E-state index is -0.257. The molecule has 1 nitrogen and oxygen atoms in total. The number of hydrogen-bond donors (Lipinski definition) is 0. The molecule has 0 bridgehead atoms. The Balaban J connectivity index is 0.000000171. The summed E-state index contributed by atoms with van der Waals surface area (Å²) < 4.78 is 26.0. The molecule has 2 heterocycles. The Hall–Kier alpha value is -4.19. The molecule has 0 N–H and O–H groups in total. The van der Waals surface area contributed by atoms with Gasteiger partial charge in [-0.05, 0) is 110 Å². The first-order chi connectivity index (χ1) is 20.7. The number of carbonyl (C=O) groups is 1. The minimum Gasteiger partial charge on any atom is -0.288 e. The highest BCUT2D eigenvalue weighted by Crippen LogP contribution is 2.31. The fourth-order valence-electron chi connectivity index (χ4n) is 4.76. The van der Waals surface area contributed by atoms with Gasteiger partial charge < -0.3 is 0 Å². The van der Waals surface area contributed by atoms with Crippen molar-refractivity contribution in [1.82, 2.24) is 0 Å². The highest BCUT2D eigenvalue weighted by molar-refractivity contribution is 7.17. The topological polar surface area (TPSA) is 17.1 Å². The molecule has 43 heavy (non-hydrogen) atoms. The molecule has 0 atom stereocenters. The molecule has 0 saturated carbocycles. The molecule has 0 aliphatic carbocycles. The molecule has 0 spiro atoms. The third kappa shape index (κ3) is 7.61. The predicted molar refractivity (Wildman–Crippen MR) is 177 cm³/mol. The molecule has 0 unspecified atom stereocenters. The molecular weight excluding hydrogens is 575 g/mol. The Kier molecular flexibility index (Phi) is 9.44. The van der Waals surface area contributed by atoms with Crippen molar-refractivity contribution in [3.05, 3.63) is 164 Å². The third-order valence-electron chi connectivity index (χ3n) is 7.26. The summed E-state index contributed by atoms with van der Waals surface area (Å²) in [7, 11) is 0. The van der Waals surface area contributed by atoms with Crippen molar-refractivity contribution < 1.29 is 13.6 Å².